The van der Waals surface area contributed by atoms with Crippen LogP contribution in [0.2, 0.25) is 0 Å². The molecule has 0 aromatic heterocycles. The van der Waals surface area contributed by atoms with E-state index in [0.717, 1.165) is 6.42 Å². The minimum absolute atomic E-state index is 0.0212. The molecule has 0 aliphatic carbocycles. The Labute approximate surface area is 97.4 Å². The summed E-state index contributed by atoms with van der Waals surface area (Å²) in [7, 11) is 0. The van der Waals surface area contributed by atoms with Crippen molar-refractivity contribution in [2.45, 2.75) is 45.3 Å². The molecule has 4 heteroatoms. The third kappa shape index (κ3) is 7.27. The third-order valence-electron chi connectivity index (χ3n) is 2.21. The molecule has 0 amide bonds. The molecule has 4 nitrogen and oxygen atoms in total. The number of aliphatic hydroxyl groups is 1. The fourth-order valence-corrected chi connectivity index (χ4v) is 1.29. The number of carbonyl (C=O) groups is 1. The fraction of sp³-hybridized carbons (Fsp3) is 0.750. The highest BCUT2D eigenvalue weighted by Crippen LogP contribution is 1.98. The van der Waals surface area contributed by atoms with Crippen molar-refractivity contribution in [1.29, 1.82) is 0 Å². The molecule has 0 saturated carbocycles. The van der Waals surface area contributed by atoms with Crippen molar-refractivity contribution < 1.29 is 14.6 Å². The van der Waals surface area contributed by atoms with E-state index in [0.29, 0.717) is 19.6 Å². The van der Waals surface area contributed by atoms with Crippen molar-refractivity contribution in [3.8, 4) is 12.3 Å². The van der Waals surface area contributed by atoms with E-state index in [-0.39, 0.29) is 18.4 Å². The molecule has 16 heavy (non-hydrogen) atoms. The van der Waals surface area contributed by atoms with Crippen LogP contribution in [-0.4, -0.2) is 36.4 Å². The molecule has 0 radical (unpaired) electrons. The van der Waals surface area contributed by atoms with Gasteiger partial charge in [0.05, 0.1) is 19.1 Å². The van der Waals surface area contributed by atoms with Crippen molar-refractivity contribution >= 4 is 5.97 Å². The molecule has 0 rings (SSSR count). The van der Waals surface area contributed by atoms with Crippen LogP contribution in [-0.2, 0) is 9.53 Å². The maximum absolute atomic E-state index is 11.1. The summed E-state index contributed by atoms with van der Waals surface area (Å²) in [4.78, 5) is 11.1. The van der Waals surface area contributed by atoms with Crippen molar-refractivity contribution in [2.75, 3.05) is 13.2 Å². The van der Waals surface area contributed by atoms with Gasteiger partial charge in [-0.05, 0) is 13.3 Å². The number of aliphatic hydroxyl groups excluding tert-OH is 1. The van der Waals surface area contributed by atoms with E-state index in [2.05, 4.69) is 11.2 Å². The van der Waals surface area contributed by atoms with Crippen LogP contribution in [0.3, 0.4) is 0 Å². The van der Waals surface area contributed by atoms with Crippen LogP contribution in [0.5, 0.6) is 0 Å². The summed E-state index contributed by atoms with van der Waals surface area (Å²) in [5, 5.41) is 12.7. The maximum Gasteiger partial charge on any atom is 0.308 e. The predicted molar refractivity (Wildman–Crippen MR) is 62.8 cm³/mol. The Kier molecular flexibility index (Phi) is 8.59. The molecular weight excluding hydrogens is 206 g/mol. The van der Waals surface area contributed by atoms with Gasteiger partial charge in [-0.25, -0.2) is 0 Å². The first-order valence-electron chi connectivity index (χ1n) is 5.64. The Morgan fingerprint density at radius 2 is 2.25 bits per heavy atom. The molecule has 0 bridgehead atoms. The molecule has 0 heterocycles. The molecule has 0 aliphatic heterocycles. The SMILES string of the molecule is C#CCC(CC)NCC(O)CC(=O)OCC. The van der Waals surface area contributed by atoms with Gasteiger partial charge in [-0.3, -0.25) is 4.79 Å². The number of terminal acetylenes is 1. The Bertz CT molecular complexity index is 235. The van der Waals surface area contributed by atoms with Crippen LogP contribution >= 0.6 is 0 Å². The van der Waals surface area contributed by atoms with E-state index in [4.69, 9.17) is 11.2 Å². The number of nitrogens with one attached hydrogen (secondary N) is 1. The van der Waals surface area contributed by atoms with Crippen molar-refractivity contribution in [1.82, 2.24) is 5.32 Å². The van der Waals surface area contributed by atoms with Gasteiger partial charge in [-0.2, -0.15) is 0 Å². The van der Waals surface area contributed by atoms with E-state index in [1.807, 2.05) is 6.92 Å². The van der Waals surface area contributed by atoms with Crippen molar-refractivity contribution in [3.05, 3.63) is 0 Å². The van der Waals surface area contributed by atoms with Crippen LogP contribution in [0.1, 0.15) is 33.1 Å². The molecule has 2 N–H and O–H groups in total. The van der Waals surface area contributed by atoms with E-state index in [1.165, 1.54) is 0 Å². The lowest BCUT2D eigenvalue weighted by Crippen LogP contribution is -2.36. The Morgan fingerprint density at radius 3 is 2.75 bits per heavy atom. The monoisotopic (exact) mass is 227 g/mol. The summed E-state index contributed by atoms with van der Waals surface area (Å²) in [6.45, 7) is 4.46. The lowest BCUT2D eigenvalue weighted by atomic mass is 10.1. The van der Waals surface area contributed by atoms with Crippen LogP contribution in [0.4, 0.5) is 0 Å². The van der Waals surface area contributed by atoms with Crippen molar-refractivity contribution in [3.63, 3.8) is 0 Å². The topological polar surface area (TPSA) is 58.6 Å². The van der Waals surface area contributed by atoms with Crippen LogP contribution < -0.4 is 5.32 Å². The molecule has 0 aromatic rings. The first-order valence-corrected chi connectivity index (χ1v) is 5.64. The van der Waals surface area contributed by atoms with Gasteiger partial charge in [0.25, 0.3) is 0 Å². The number of hydrogen-bond donors (Lipinski definition) is 2. The lowest BCUT2D eigenvalue weighted by Gasteiger charge is -2.17. The highest BCUT2D eigenvalue weighted by Gasteiger charge is 2.13. The molecule has 0 fully saturated rings. The number of ether oxygens (including phenoxy) is 1. The van der Waals surface area contributed by atoms with Crippen LogP contribution in [0.15, 0.2) is 0 Å². The summed E-state index contributed by atoms with van der Waals surface area (Å²) >= 11 is 0. The quantitative estimate of drug-likeness (QED) is 0.473. The number of esters is 1. The Balaban J connectivity index is 3.75. The highest BCUT2D eigenvalue weighted by atomic mass is 16.5. The summed E-state index contributed by atoms with van der Waals surface area (Å²) in [6, 6.07) is 0.196. The van der Waals surface area contributed by atoms with Gasteiger partial charge < -0.3 is 15.2 Å². The van der Waals surface area contributed by atoms with Gasteiger partial charge in [0.1, 0.15) is 0 Å². The summed E-state index contributed by atoms with van der Waals surface area (Å²) in [5.74, 6) is 2.19. The minimum Gasteiger partial charge on any atom is -0.466 e. The maximum atomic E-state index is 11.1. The second-order valence-electron chi connectivity index (χ2n) is 3.58. The standard InChI is InChI=1S/C12H21NO3/c1-4-7-10(5-2)13-9-11(14)8-12(15)16-6-3/h1,10-11,13-14H,5-9H2,2-3H3. The Morgan fingerprint density at radius 1 is 1.56 bits per heavy atom. The second kappa shape index (κ2) is 9.20. The Hall–Kier alpha value is -1.05. The van der Waals surface area contributed by atoms with Gasteiger partial charge in [0, 0.05) is 19.0 Å². The van der Waals surface area contributed by atoms with Crippen LogP contribution in [0.25, 0.3) is 0 Å². The van der Waals surface area contributed by atoms with Gasteiger partial charge in [0.15, 0.2) is 0 Å². The molecule has 92 valence electrons. The van der Waals surface area contributed by atoms with Gasteiger partial charge in [-0.15, -0.1) is 12.3 Å². The van der Waals surface area contributed by atoms with Gasteiger partial charge in [-0.1, -0.05) is 6.92 Å². The molecule has 2 atom stereocenters. The summed E-state index contributed by atoms with van der Waals surface area (Å²) < 4.78 is 4.73. The lowest BCUT2D eigenvalue weighted by molar-refractivity contribution is -0.145. The molecule has 0 aliphatic rings. The zero-order valence-corrected chi connectivity index (χ0v) is 10.0. The van der Waals surface area contributed by atoms with Crippen LogP contribution in [0, 0.1) is 12.3 Å². The summed E-state index contributed by atoms with van der Waals surface area (Å²) in [5.41, 5.74) is 0. The molecular formula is C12H21NO3. The zero-order valence-electron chi connectivity index (χ0n) is 10.0. The molecule has 0 spiro atoms. The van der Waals surface area contributed by atoms with E-state index in [1.54, 1.807) is 6.92 Å². The first-order chi connectivity index (χ1) is 7.63. The average Bonchev–Trinajstić information content (AvgIpc) is 2.24. The fourth-order valence-electron chi connectivity index (χ4n) is 1.29. The van der Waals surface area contributed by atoms with Gasteiger partial charge >= 0.3 is 5.97 Å². The number of rotatable bonds is 8. The van der Waals surface area contributed by atoms with Crippen molar-refractivity contribution in [2.24, 2.45) is 0 Å². The first kappa shape index (κ1) is 14.9. The minimum atomic E-state index is -0.717. The smallest absolute Gasteiger partial charge is 0.308 e. The van der Waals surface area contributed by atoms with Gasteiger partial charge in [0.2, 0.25) is 0 Å². The third-order valence-corrected chi connectivity index (χ3v) is 2.21. The summed E-state index contributed by atoms with van der Waals surface area (Å²) in [6.07, 6.45) is 6.04. The number of carbonyl (C=O) groups excluding carboxylic acids is 1. The normalized spacial score (nSPS) is 13.9. The van der Waals surface area contributed by atoms with E-state index in [9.17, 15) is 9.90 Å². The largest absolute Gasteiger partial charge is 0.466 e. The molecule has 2 unspecified atom stereocenters. The molecule has 0 aromatic carbocycles. The molecule has 0 saturated heterocycles. The second-order valence-corrected chi connectivity index (χ2v) is 3.58. The highest BCUT2D eigenvalue weighted by molar-refractivity contribution is 5.69. The number of hydrogen-bond acceptors (Lipinski definition) is 4. The van der Waals surface area contributed by atoms with E-state index >= 15 is 0 Å². The predicted octanol–water partition coefficient (Wildman–Crippen LogP) is 0.692. The average molecular weight is 227 g/mol. The van der Waals surface area contributed by atoms with E-state index < -0.39 is 6.10 Å². The zero-order chi connectivity index (χ0) is 12.4.